The van der Waals surface area contributed by atoms with Crippen molar-refractivity contribution in [2.24, 2.45) is 4.99 Å². The van der Waals surface area contributed by atoms with Crippen LogP contribution in [-0.2, 0) is 14.3 Å². The van der Waals surface area contributed by atoms with Crippen molar-refractivity contribution >= 4 is 12.4 Å². The molecule has 2 atom stereocenters. The van der Waals surface area contributed by atoms with Crippen molar-refractivity contribution in [3.8, 4) is 0 Å². The number of hydrogen-bond acceptors (Lipinski definition) is 4. The number of carbonyl (C=O) groups is 1. The van der Waals surface area contributed by atoms with Gasteiger partial charge >= 0.3 is 5.97 Å². The Bertz CT molecular complexity index is 282. The zero-order valence-corrected chi connectivity index (χ0v) is 8.08. The molecule has 0 aromatic rings. The van der Waals surface area contributed by atoms with Crippen molar-refractivity contribution in [3.05, 3.63) is 0 Å². The SMILES string of the molecule is COC(=O)C1(C)N=COC1(C)C(F)F. The molecule has 0 bridgehead atoms. The number of esters is 1. The molecule has 1 aliphatic heterocycles. The molecule has 1 heterocycles. The molecule has 1 aliphatic rings. The van der Waals surface area contributed by atoms with E-state index in [1.54, 1.807) is 0 Å². The second kappa shape index (κ2) is 3.18. The van der Waals surface area contributed by atoms with Gasteiger partial charge in [0, 0.05) is 0 Å². The molecule has 14 heavy (non-hydrogen) atoms. The highest BCUT2D eigenvalue weighted by molar-refractivity contribution is 5.85. The molecule has 0 fully saturated rings. The van der Waals surface area contributed by atoms with E-state index in [9.17, 15) is 13.6 Å². The summed E-state index contributed by atoms with van der Waals surface area (Å²) in [6, 6.07) is 0. The Kier molecular flexibility index (Phi) is 2.47. The highest BCUT2D eigenvalue weighted by Gasteiger charge is 2.61. The van der Waals surface area contributed by atoms with Crippen LogP contribution in [0.4, 0.5) is 8.78 Å². The van der Waals surface area contributed by atoms with E-state index in [-0.39, 0.29) is 0 Å². The average Bonchev–Trinajstić information content (AvgIpc) is 2.44. The molecule has 2 unspecified atom stereocenters. The lowest BCUT2D eigenvalue weighted by Crippen LogP contribution is -2.57. The van der Waals surface area contributed by atoms with Crippen LogP contribution in [0.25, 0.3) is 0 Å². The van der Waals surface area contributed by atoms with Crippen LogP contribution in [0, 0.1) is 0 Å². The molecule has 1 rings (SSSR count). The van der Waals surface area contributed by atoms with Crippen LogP contribution in [0.3, 0.4) is 0 Å². The molecule has 0 amide bonds. The van der Waals surface area contributed by atoms with Gasteiger partial charge in [-0.1, -0.05) is 0 Å². The van der Waals surface area contributed by atoms with Crippen molar-refractivity contribution < 1.29 is 23.0 Å². The Hall–Kier alpha value is -1.20. The fraction of sp³-hybridized carbons (Fsp3) is 0.750. The van der Waals surface area contributed by atoms with E-state index in [0.29, 0.717) is 0 Å². The van der Waals surface area contributed by atoms with Gasteiger partial charge in [-0.15, -0.1) is 0 Å². The highest BCUT2D eigenvalue weighted by Crippen LogP contribution is 2.39. The topological polar surface area (TPSA) is 47.9 Å². The zero-order valence-electron chi connectivity index (χ0n) is 8.08. The molecule has 80 valence electrons. The number of carbonyl (C=O) groups excluding carboxylic acids is 1. The molecule has 0 spiro atoms. The third-order valence-electron chi connectivity index (χ3n) is 2.57. The van der Waals surface area contributed by atoms with E-state index < -0.39 is 23.5 Å². The number of halogens is 2. The summed E-state index contributed by atoms with van der Waals surface area (Å²) in [7, 11) is 1.12. The molecule has 0 N–H and O–H groups in total. The first-order valence-electron chi connectivity index (χ1n) is 3.96. The summed E-state index contributed by atoms with van der Waals surface area (Å²) in [5, 5.41) is 0. The van der Waals surface area contributed by atoms with Crippen molar-refractivity contribution in [3.63, 3.8) is 0 Å². The maximum Gasteiger partial charge on any atom is 0.338 e. The molecule has 0 saturated heterocycles. The number of rotatable bonds is 2. The van der Waals surface area contributed by atoms with Crippen molar-refractivity contribution in [2.75, 3.05) is 7.11 Å². The summed E-state index contributed by atoms with van der Waals surface area (Å²) in [6.07, 6.45) is -1.96. The van der Waals surface area contributed by atoms with Crippen LogP contribution in [-0.4, -0.2) is 37.0 Å². The third-order valence-corrected chi connectivity index (χ3v) is 2.57. The van der Waals surface area contributed by atoms with Gasteiger partial charge in [0.05, 0.1) is 7.11 Å². The van der Waals surface area contributed by atoms with Gasteiger partial charge < -0.3 is 9.47 Å². The van der Waals surface area contributed by atoms with Gasteiger partial charge in [-0.2, -0.15) is 0 Å². The molecule has 0 saturated carbocycles. The van der Waals surface area contributed by atoms with Gasteiger partial charge in [-0.05, 0) is 13.8 Å². The largest absolute Gasteiger partial charge is 0.468 e. The predicted molar refractivity (Wildman–Crippen MR) is 44.4 cm³/mol. The number of aliphatic imine (C=N–C) groups is 1. The number of ether oxygens (including phenoxy) is 2. The van der Waals surface area contributed by atoms with E-state index in [1.165, 1.54) is 6.92 Å². The summed E-state index contributed by atoms with van der Waals surface area (Å²) >= 11 is 0. The Morgan fingerprint density at radius 1 is 1.57 bits per heavy atom. The average molecular weight is 207 g/mol. The summed E-state index contributed by atoms with van der Waals surface area (Å²) in [6.45, 7) is 2.39. The molecular formula is C8H11F2NO3. The van der Waals surface area contributed by atoms with Crippen LogP contribution in [0.5, 0.6) is 0 Å². The minimum Gasteiger partial charge on any atom is -0.468 e. The number of alkyl halides is 2. The second-order valence-corrected chi connectivity index (χ2v) is 3.32. The van der Waals surface area contributed by atoms with Gasteiger partial charge in [0.1, 0.15) is 0 Å². The number of nitrogens with zero attached hydrogens (tertiary/aromatic N) is 1. The molecule has 6 heteroatoms. The van der Waals surface area contributed by atoms with Crippen LogP contribution >= 0.6 is 0 Å². The summed E-state index contributed by atoms with van der Waals surface area (Å²) in [4.78, 5) is 14.9. The lowest BCUT2D eigenvalue weighted by atomic mass is 9.84. The molecule has 0 aromatic heterocycles. The standard InChI is InChI=1S/C8H11F2NO3/c1-7(6(12)13-3)8(2,5(9)10)14-4-11-7/h4-5H,1-3H3. The van der Waals surface area contributed by atoms with Gasteiger partial charge in [0.2, 0.25) is 11.1 Å². The molecule has 0 aliphatic carbocycles. The van der Waals surface area contributed by atoms with E-state index >= 15 is 0 Å². The Morgan fingerprint density at radius 3 is 2.57 bits per heavy atom. The summed E-state index contributed by atoms with van der Waals surface area (Å²) < 4.78 is 34.5. The number of methoxy groups -OCH3 is 1. The fourth-order valence-corrected chi connectivity index (χ4v) is 1.20. The molecule has 0 aromatic carbocycles. The lowest BCUT2D eigenvalue weighted by molar-refractivity contribution is -0.162. The molecular weight excluding hydrogens is 196 g/mol. The van der Waals surface area contributed by atoms with E-state index in [1.807, 2.05) is 0 Å². The smallest absolute Gasteiger partial charge is 0.338 e. The van der Waals surface area contributed by atoms with Gasteiger partial charge in [0.25, 0.3) is 6.43 Å². The first-order valence-corrected chi connectivity index (χ1v) is 3.96. The summed E-state index contributed by atoms with van der Waals surface area (Å²) in [5.74, 6) is -0.839. The maximum absolute atomic E-state index is 12.7. The highest BCUT2D eigenvalue weighted by atomic mass is 19.3. The maximum atomic E-state index is 12.7. The minimum absolute atomic E-state index is 0.839. The second-order valence-electron chi connectivity index (χ2n) is 3.32. The summed E-state index contributed by atoms with van der Waals surface area (Å²) in [5.41, 5.74) is -3.64. The van der Waals surface area contributed by atoms with E-state index in [0.717, 1.165) is 20.4 Å². The van der Waals surface area contributed by atoms with E-state index in [2.05, 4.69) is 9.73 Å². The monoisotopic (exact) mass is 207 g/mol. The van der Waals surface area contributed by atoms with Gasteiger partial charge in [-0.3, -0.25) is 0 Å². The zero-order chi connectivity index (χ0) is 11.0. The van der Waals surface area contributed by atoms with Crippen molar-refractivity contribution in [1.82, 2.24) is 0 Å². The minimum atomic E-state index is -2.82. The first kappa shape index (κ1) is 10.9. The molecule has 0 radical (unpaired) electrons. The molecule has 4 nitrogen and oxygen atoms in total. The normalized spacial score (nSPS) is 35.9. The van der Waals surface area contributed by atoms with Crippen molar-refractivity contribution in [1.29, 1.82) is 0 Å². The Balaban J connectivity index is 3.07. The Labute approximate surface area is 79.9 Å². The van der Waals surface area contributed by atoms with Gasteiger partial charge in [0.15, 0.2) is 6.40 Å². The fourth-order valence-electron chi connectivity index (χ4n) is 1.20. The Morgan fingerprint density at radius 2 is 2.14 bits per heavy atom. The van der Waals surface area contributed by atoms with Crippen LogP contribution in [0.1, 0.15) is 13.8 Å². The first-order chi connectivity index (χ1) is 6.38. The van der Waals surface area contributed by atoms with Crippen LogP contribution < -0.4 is 0 Å². The van der Waals surface area contributed by atoms with Gasteiger partial charge in [-0.25, -0.2) is 18.6 Å². The van der Waals surface area contributed by atoms with Crippen LogP contribution in [0.15, 0.2) is 4.99 Å². The lowest BCUT2D eigenvalue weighted by Gasteiger charge is -2.33. The number of hydrogen-bond donors (Lipinski definition) is 0. The van der Waals surface area contributed by atoms with E-state index in [4.69, 9.17) is 4.74 Å². The third kappa shape index (κ3) is 1.17. The predicted octanol–water partition coefficient (Wildman–Crippen LogP) is 1.00. The quantitative estimate of drug-likeness (QED) is 0.634. The van der Waals surface area contributed by atoms with Crippen molar-refractivity contribution in [2.45, 2.75) is 31.4 Å². The van der Waals surface area contributed by atoms with Crippen LogP contribution in [0.2, 0.25) is 0 Å².